The summed E-state index contributed by atoms with van der Waals surface area (Å²) >= 11 is 0. The Kier molecular flexibility index (Phi) is 5.40. The number of fused-ring (bicyclic) bond motifs is 1. The Morgan fingerprint density at radius 2 is 1.72 bits per heavy atom. The summed E-state index contributed by atoms with van der Waals surface area (Å²) in [5.41, 5.74) is 4.51. The molecule has 3 N–H and O–H groups in total. The van der Waals surface area contributed by atoms with Gasteiger partial charge in [-0.1, -0.05) is 12.1 Å². The van der Waals surface area contributed by atoms with Crippen molar-refractivity contribution in [3.63, 3.8) is 0 Å². The van der Waals surface area contributed by atoms with Crippen LogP contribution >= 0.6 is 0 Å². The Hall–Kier alpha value is -4.13. The minimum atomic E-state index is -1.02. The molecule has 0 fully saturated rings. The van der Waals surface area contributed by atoms with Crippen molar-refractivity contribution < 1.29 is 23.5 Å². The van der Waals surface area contributed by atoms with Crippen molar-refractivity contribution in [2.75, 3.05) is 19.4 Å². The van der Waals surface area contributed by atoms with E-state index in [4.69, 9.17) is 4.42 Å². The van der Waals surface area contributed by atoms with Crippen molar-refractivity contribution >= 4 is 28.5 Å². The molecule has 1 heterocycles. The van der Waals surface area contributed by atoms with Gasteiger partial charge < -0.3 is 20.2 Å². The molecular weight excluding hydrogens is 411 g/mol. The van der Waals surface area contributed by atoms with E-state index >= 15 is 0 Å². The number of benzene rings is 3. The van der Waals surface area contributed by atoms with Crippen molar-refractivity contribution in [2.24, 2.45) is 0 Å². The summed E-state index contributed by atoms with van der Waals surface area (Å²) in [6, 6.07) is 14.2. The van der Waals surface area contributed by atoms with E-state index in [9.17, 15) is 19.1 Å². The molecule has 7 heteroatoms. The van der Waals surface area contributed by atoms with E-state index in [1.54, 1.807) is 31.3 Å². The zero-order chi connectivity index (χ0) is 23.0. The fraction of sp³-hybridized carbons (Fsp3) is 0.120. The van der Waals surface area contributed by atoms with Gasteiger partial charge in [-0.05, 0) is 55.0 Å². The number of rotatable bonds is 5. The molecule has 4 aromatic rings. The van der Waals surface area contributed by atoms with Crippen LogP contribution in [0.1, 0.15) is 26.3 Å². The predicted molar refractivity (Wildman–Crippen MR) is 122 cm³/mol. The number of carbonyl (C=O) groups excluding carboxylic acids is 1. The number of aromatic carboxylic acids is 1. The molecule has 3 aromatic carbocycles. The quantitative estimate of drug-likeness (QED) is 0.397. The average molecular weight is 432 g/mol. The van der Waals surface area contributed by atoms with Gasteiger partial charge in [-0.25, -0.2) is 9.18 Å². The molecule has 4 rings (SSSR count). The number of carboxylic acid groups (broad SMARTS) is 1. The van der Waals surface area contributed by atoms with Gasteiger partial charge in [0.05, 0.1) is 11.1 Å². The van der Waals surface area contributed by atoms with Crippen LogP contribution in [0.15, 0.2) is 59.0 Å². The lowest BCUT2D eigenvalue weighted by Crippen LogP contribution is -2.18. The van der Waals surface area contributed by atoms with E-state index < -0.39 is 5.97 Å². The molecule has 1 amide bonds. The lowest BCUT2D eigenvalue weighted by atomic mass is 9.94. The minimum absolute atomic E-state index is 0.160. The zero-order valence-electron chi connectivity index (χ0n) is 17.7. The molecule has 0 unspecified atom stereocenters. The SMILES string of the molecule is CNC(=O)c1c(-c2ccc(F)cc2)oc2c(C)c(NC)c(-c3cccc(C(=O)O)c3)cc12. The van der Waals surface area contributed by atoms with Gasteiger partial charge in [-0.3, -0.25) is 4.79 Å². The average Bonchev–Trinajstić information content (AvgIpc) is 3.19. The van der Waals surface area contributed by atoms with E-state index in [0.29, 0.717) is 33.4 Å². The van der Waals surface area contributed by atoms with Crippen LogP contribution in [0.4, 0.5) is 10.1 Å². The number of amides is 1. The normalized spacial score (nSPS) is 10.9. The standard InChI is InChI=1S/C25H21FN2O4/c1-13-21(27-2)18(15-5-4-6-16(11-15)25(30)31)12-19-20(24(29)28-3)23(32-22(13)19)14-7-9-17(26)10-8-14/h4-12,27H,1-3H3,(H,28,29)(H,30,31). The Balaban J connectivity index is 2.06. The van der Waals surface area contributed by atoms with Crippen LogP contribution in [0, 0.1) is 12.7 Å². The second-order valence-electron chi connectivity index (χ2n) is 7.33. The van der Waals surface area contributed by atoms with Crippen LogP contribution in [0.2, 0.25) is 0 Å². The third kappa shape index (κ3) is 3.47. The molecule has 0 saturated heterocycles. The Labute approximate surface area is 183 Å². The second kappa shape index (κ2) is 8.19. The first-order valence-corrected chi connectivity index (χ1v) is 9.95. The van der Waals surface area contributed by atoms with Gasteiger partial charge in [-0.15, -0.1) is 0 Å². The molecule has 0 aliphatic rings. The molecule has 32 heavy (non-hydrogen) atoms. The monoisotopic (exact) mass is 432 g/mol. The van der Waals surface area contributed by atoms with E-state index in [2.05, 4.69) is 10.6 Å². The lowest BCUT2D eigenvalue weighted by molar-refractivity contribution is 0.0696. The summed E-state index contributed by atoms with van der Waals surface area (Å²) in [6.07, 6.45) is 0. The number of hydrogen-bond donors (Lipinski definition) is 3. The lowest BCUT2D eigenvalue weighted by Gasteiger charge is -2.14. The second-order valence-corrected chi connectivity index (χ2v) is 7.33. The minimum Gasteiger partial charge on any atom is -0.478 e. The number of halogens is 1. The van der Waals surface area contributed by atoms with Crippen LogP contribution in [-0.4, -0.2) is 31.1 Å². The number of aryl methyl sites for hydroxylation is 1. The van der Waals surface area contributed by atoms with Crippen molar-refractivity contribution in [1.82, 2.24) is 5.32 Å². The maximum Gasteiger partial charge on any atom is 0.335 e. The first kappa shape index (κ1) is 21.1. The number of nitrogens with one attached hydrogen (secondary N) is 2. The fourth-order valence-electron chi connectivity index (χ4n) is 3.92. The van der Waals surface area contributed by atoms with Crippen LogP contribution in [-0.2, 0) is 0 Å². The topological polar surface area (TPSA) is 91.6 Å². The highest BCUT2D eigenvalue weighted by Gasteiger charge is 2.25. The molecule has 162 valence electrons. The Morgan fingerprint density at radius 3 is 2.34 bits per heavy atom. The summed E-state index contributed by atoms with van der Waals surface area (Å²) < 4.78 is 19.6. The summed E-state index contributed by atoms with van der Waals surface area (Å²) in [7, 11) is 3.30. The highest BCUT2D eigenvalue weighted by atomic mass is 19.1. The first-order chi connectivity index (χ1) is 15.3. The number of anilines is 1. The smallest absolute Gasteiger partial charge is 0.335 e. The Morgan fingerprint density at radius 1 is 1.00 bits per heavy atom. The molecule has 0 spiro atoms. The Bertz CT molecular complexity index is 1360. The maximum absolute atomic E-state index is 13.5. The van der Waals surface area contributed by atoms with E-state index in [0.717, 1.165) is 16.8 Å². The van der Waals surface area contributed by atoms with Crippen molar-refractivity contribution in [3.8, 4) is 22.5 Å². The van der Waals surface area contributed by atoms with Gasteiger partial charge in [0.1, 0.15) is 17.2 Å². The fourth-order valence-corrected chi connectivity index (χ4v) is 3.92. The van der Waals surface area contributed by atoms with Gasteiger partial charge in [0, 0.05) is 41.9 Å². The first-order valence-electron chi connectivity index (χ1n) is 9.95. The third-order valence-corrected chi connectivity index (χ3v) is 5.45. The van der Waals surface area contributed by atoms with Crippen molar-refractivity contribution in [1.29, 1.82) is 0 Å². The zero-order valence-corrected chi connectivity index (χ0v) is 17.7. The number of carboxylic acids is 1. The van der Waals surface area contributed by atoms with Crippen LogP contribution in [0.5, 0.6) is 0 Å². The summed E-state index contributed by atoms with van der Waals surface area (Å²) in [5, 5.41) is 15.8. The van der Waals surface area contributed by atoms with Gasteiger partial charge in [-0.2, -0.15) is 0 Å². The molecule has 0 saturated carbocycles. The molecule has 0 radical (unpaired) electrons. The largest absolute Gasteiger partial charge is 0.478 e. The van der Waals surface area contributed by atoms with E-state index in [-0.39, 0.29) is 17.3 Å². The molecule has 1 aromatic heterocycles. The third-order valence-electron chi connectivity index (χ3n) is 5.45. The number of furan rings is 1. The van der Waals surface area contributed by atoms with Crippen LogP contribution in [0.25, 0.3) is 33.4 Å². The molecule has 6 nitrogen and oxygen atoms in total. The van der Waals surface area contributed by atoms with E-state index in [1.165, 1.54) is 25.2 Å². The van der Waals surface area contributed by atoms with Gasteiger partial charge in [0.15, 0.2) is 0 Å². The predicted octanol–water partition coefficient (Wildman–Crippen LogP) is 5.31. The molecule has 0 aliphatic heterocycles. The van der Waals surface area contributed by atoms with Crippen molar-refractivity contribution in [2.45, 2.75) is 6.92 Å². The van der Waals surface area contributed by atoms with E-state index in [1.807, 2.05) is 19.1 Å². The summed E-state index contributed by atoms with van der Waals surface area (Å²) in [4.78, 5) is 24.3. The number of carbonyl (C=O) groups is 2. The molecule has 0 aliphatic carbocycles. The van der Waals surface area contributed by atoms with Gasteiger partial charge in [0.25, 0.3) is 5.91 Å². The number of hydrogen-bond acceptors (Lipinski definition) is 4. The maximum atomic E-state index is 13.5. The van der Waals surface area contributed by atoms with Gasteiger partial charge in [0.2, 0.25) is 0 Å². The highest BCUT2D eigenvalue weighted by Crippen LogP contribution is 2.42. The van der Waals surface area contributed by atoms with Crippen LogP contribution in [0.3, 0.4) is 0 Å². The van der Waals surface area contributed by atoms with Crippen LogP contribution < -0.4 is 10.6 Å². The summed E-state index contributed by atoms with van der Waals surface area (Å²) in [5.74, 6) is -1.42. The summed E-state index contributed by atoms with van der Waals surface area (Å²) in [6.45, 7) is 1.87. The van der Waals surface area contributed by atoms with Crippen molar-refractivity contribution in [3.05, 3.63) is 77.1 Å². The highest BCUT2D eigenvalue weighted by molar-refractivity contribution is 6.13. The molecular formula is C25H21FN2O4. The van der Waals surface area contributed by atoms with Gasteiger partial charge >= 0.3 is 5.97 Å². The molecule has 0 atom stereocenters. The molecule has 0 bridgehead atoms.